The van der Waals surface area contributed by atoms with Crippen molar-refractivity contribution in [1.82, 2.24) is 4.57 Å². The van der Waals surface area contributed by atoms with E-state index in [1.807, 2.05) is 0 Å². The van der Waals surface area contributed by atoms with Gasteiger partial charge in [-0.2, -0.15) is 0 Å². The first-order valence-corrected chi connectivity index (χ1v) is 24.7. The number of rotatable bonds is 6. The van der Waals surface area contributed by atoms with Gasteiger partial charge in [-0.25, -0.2) is 0 Å². The minimum absolute atomic E-state index is 0.593. The summed E-state index contributed by atoms with van der Waals surface area (Å²) in [4.78, 5) is 2.51. The lowest BCUT2D eigenvalue weighted by Crippen LogP contribution is -2.32. The topological polar surface area (TPSA) is 8.17 Å². The molecule has 0 fully saturated rings. The molecule has 1 heterocycles. The maximum atomic E-state index is 2.53. The Bertz CT molecular complexity index is 4290. The lowest BCUT2D eigenvalue weighted by molar-refractivity contribution is 0.775. The van der Waals surface area contributed by atoms with E-state index in [4.69, 9.17) is 0 Å². The highest BCUT2D eigenvalue weighted by Gasteiger charge is 2.50. The predicted molar refractivity (Wildman–Crippen MR) is 298 cm³/mol. The summed E-state index contributed by atoms with van der Waals surface area (Å²) < 4.78 is 2.39. The van der Waals surface area contributed by atoms with Crippen LogP contribution in [0, 0.1) is 0 Å². The molecule has 2 aliphatic rings. The smallest absolute Gasteiger partial charge is 0.0726 e. The van der Waals surface area contributed by atoms with Crippen LogP contribution in [0.4, 0.5) is 17.1 Å². The Morgan fingerprint density at radius 3 is 1.83 bits per heavy atom. The highest BCUT2D eigenvalue weighted by Crippen LogP contribution is 2.63. The van der Waals surface area contributed by atoms with E-state index in [1.165, 1.54) is 99.0 Å². The Labute approximate surface area is 412 Å². The van der Waals surface area contributed by atoms with Gasteiger partial charge in [-0.3, -0.25) is 0 Å². The first kappa shape index (κ1) is 39.7. The molecule has 1 unspecified atom stereocenters. The van der Waals surface area contributed by atoms with E-state index in [1.54, 1.807) is 0 Å². The van der Waals surface area contributed by atoms with Crippen LogP contribution in [0.15, 0.2) is 267 Å². The SMILES string of the molecule is c1ccc(-c2cccc(N(c3ccc4c(c3)C3(c5ccccc5-4)c4ccc5ccccc5c4-c4cccc5cccc3c45)c3ccccc3-c3ccc4c(c3)c3ccccc3n4-c3ccccc3)c2)cc1. The number of anilines is 3. The second-order valence-corrected chi connectivity index (χ2v) is 19.1. The molecule has 0 bridgehead atoms. The highest BCUT2D eigenvalue weighted by molar-refractivity contribution is 6.14. The summed E-state index contributed by atoms with van der Waals surface area (Å²) in [5, 5.41) is 7.58. The molecule has 71 heavy (non-hydrogen) atoms. The highest BCUT2D eigenvalue weighted by atomic mass is 15.1. The van der Waals surface area contributed by atoms with Gasteiger partial charge in [0.25, 0.3) is 0 Å². The quantitative estimate of drug-likeness (QED) is 0.161. The molecule has 0 saturated heterocycles. The van der Waals surface area contributed by atoms with E-state index >= 15 is 0 Å². The molecule has 15 rings (SSSR count). The van der Waals surface area contributed by atoms with Crippen LogP contribution in [-0.4, -0.2) is 4.57 Å². The van der Waals surface area contributed by atoms with Gasteiger partial charge in [-0.1, -0.05) is 206 Å². The molecule has 1 atom stereocenters. The average molecular weight is 901 g/mol. The van der Waals surface area contributed by atoms with Crippen molar-refractivity contribution in [3.05, 3.63) is 289 Å². The zero-order valence-electron chi connectivity index (χ0n) is 38.8. The van der Waals surface area contributed by atoms with Gasteiger partial charge in [0.2, 0.25) is 0 Å². The predicted octanol–water partition coefficient (Wildman–Crippen LogP) is 18.2. The lowest BCUT2D eigenvalue weighted by Gasteiger charge is -2.41. The Kier molecular flexibility index (Phi) is 8.61. The first-order chi connectivity index (χ1) is 35.2. The maximum Gasteiger partial charge on any atom is 0.0726 e. The van der Waals surface area contributed by atoms with Crippen molar-refractivity contribution in [3.8, 4) is 50.2 Å². The number of hydrogen-bond acceptors (Lipinski definition) is 1. The van der Waals surface area contributed by atoms with Crippen LogP contribution in [0.5, 0.6) is 0 Å². The number of para-hydroxylation sites is 3. The van der Waals surface area contributed by atoms with E-state index < -0.39 is 5.41 Å². The van der Waals surface area contributed by atoms with E-state index in [-0.39, 0.29) is 0 Å². The third-order valence-electron chi connectivity index (χ3n) is 15.6. The molecular weight excluding hydrogens is 857 g/mol. The molecule has 0 aliphatic heterocycles. The van der Waals surface area contributed by atoms with Crippen LogP contribution in [-0.2, 0) is 5.41 Å². The van der Waals surface area contributed by atoms with Crippen molar-refractivity contribution in [2.24, 2.45) is 0 Å². The van der Waals surface area contributed by atoms with Crippen LogP contribution < -0.4 is 4.90 Å². The van der Waals surface area contributed by atoms with Crippen molar-refractivity contribution >= 4 is 60.4 Å². The normalized spacial score (nSPS) is 14.3. The Morgan fingerprint density at radius 2 is 0.944 bits per heavy atom. The Balaban J connectivity index is 1.01. The van der Waals surface area contributed by atoms with Crippen molar-refractivity contribution in [2.45, 2.75) is 5.41 Å². The molecule has 1 aromatic heterocycles. The molecule has 0 N–H and O–H groups in total. The standard InChI is InChI=1S/C69H44N2/c1-3-18-45(19-4-1)48-23-15-26-51(42-48)70(64-34-13-10-27-53(64)49-37-41-66-59(43-49)57-30-11-14-35-65(57)71(66)50-24-5-2-6-25-50)52-38-39-56-55-29-9-12-32-60(55)69(63(56)44-52)61-33-17-22-47-21-16-31-58(67(47)61)68-54-28-8-7-20-46(54)36-40-62(68)69/h1-44H. The molecule has 13 aromatic rings. The number of nitrogens with zero attached hydrogens (tertiary/aromatic N) is 2. The summed E-state index contributed by atoms with van der Waals surface area (Å²) in [7, 11) is 0. The molecule has 0 amide bonds. The van der Waals surface area contributed by atoms with Crippen LogP contribution in [0.3, 0.4) is 0 Å². The molecular formula is C69H44N2. The molecule has 2 nitrogen and oxygen atoms in total. The Morgan fingerprint density at radius 1 is 0.310 bits per heavy atom. The van der Waals surface area contributed by atoms with Gasteiger partial charge in [0.1, 0.15) is 0 Å². The summed E-state index contributed by atoms with van der Waals surface area (Å²) in [6, 6.07) is 99.4. The second kappa shape index (κ2) is 15.4. The molecule has 1 spiro atoms. The fourth-order valence-corrected chi connectivity index (χ4v) is 12.7. The van der Waals surface area contributed by atoms with Crippen LogP contribution in [0.2, 0.25) is 0 Å². The minimum Gasteiger partial charge on any atom is -0.310 e. The molecule has 330 valence electrons. The first-order valence-electron chi connectivity index (χ1n) is 24.7. The van der Waals surface area contributed by atoms with Crippen LogP contribution >= 0.6 is 0 Å². The monoisotopic (exact) mass is 900 g/mol. The summed E-state index contributed by atoms with van der Waals surface area (Å²) >= 11 is 0. The van der Waals surface area contributed by atoms with Gasteiger partial charge < -0.3 is 9.47 Å². The summed E-state index contributed by atoms with van der Waals surface area (Å²) in [6.45, 7) is 0. The van der Waals surface area contributed by atoms with Crippen molar-refractivity contribution in [3.63, 3.8) is 0 Å². The average Bonchev–Trinajstić information content (AvgIpc) is 3.93. The summed E-state index contributed by atoms with van der Waals surface area (Å²) in [5.41, 5.74) is 21.4. The van der Waals surface area contributed by atoms with Crippen molar-refractivity contribution in [2.75, 3.05) is 4.90 Å². The van der Waals surface area contributed by atoms with Crippen molar-refractivity contribution < 1.29 is 0 Å². The summed E-state index contributed by atoms with van der Waals surface area (Å²) in [5.74, 6) is 0. The number of aromatic nitrogens is 1. The van der Waals surface area contributed by atoms with E-state index in [0.717, 1.165) is 33.9 Å². The van der Waals surface area contributed by atoms with Gasteiger partial charge in [0.15, 0.2) is 0 Å². The Hall–Kier alpha value is -9.24. The van der Waals surface area contributed by atoms with Crippen LogP contribution in [0.25, 0.3) is 93.5 Å². The van der Waals surface area contributed by atoms with Crippen molar-refractivity contribution in [1.29, 1.82) is 0 Å². The number of fused-ring (bicyclic) bond motifs is 14. The second-order valence-electron chi connectivity index (χ2n) is 19.1. The fourth-order valence-electron chi connectivity index (χ4n) is 12.7. The molecule has 0 saturated carbocycles. The van der Waals surface area contributed by atoms with Gasteiger partial charge in [-0.15, -0.1) is 0 Å². The van der Waals surface area contributed by atoms with Gasteiger partial charge >= 0.3 is 0 Å². The maximum absolute atomic E-state index is 2.53. The van der Waals surface area contributed by atoms with Gasteiger partial charge in [-0.05, 0) is 143 Å². The van der Waals surface area contributed by atoms with Gasteiger partial charge in [0.05, 0.1) is 22.1 Å². The lowest BCUT2D eigenvalue weighted by atomic mass is 9.61. The van der Waals surface area contributed by atoms with E-state index in [9.17, 15) is 0 Å². The molecule has 12 aromatic carbocycles. The van der Waals surface area contributed by atoms with Crippen LogP contribution in [0.1, 0.15) is 22.3 Å². The molecule has 2 heteroatoms. The zero-order chi connectivity index (χ0) is 46.6. The number of hydrogen-bond donors (Lipinski definition) is 0. The zero-order valence-corrected chi connectivity index (χ0v) is 38.8. The third-order valence-corrected chi connectivity index (χ3v) is 15.6. The van der Waals surface area contributed by atoms with E-state index in [0.29, 0.717) is 0 Å². The number of benzene rings is 12. The van der Waals surface area contributed by atoms with E-state index in [2.05, 4.69) is 276 Å². The minimum atomic E-state index is -0.593. The fraction of sp³-hybridized carbons (Fsp3) is 0.0145. The molecule has 0 radical (unpaired) electrons. The largest absolute Gasteiger partial charge is 0.310 e. The third kappa shape index (κ3) is 5.71. The molecule has 2 aliphatic carbocycles. The van der Waals surface area contributed by atoms with Gasteiger partial charge in [0, 0.05) is 33.4 Å². The summed E-state index contributed by atoms with van der Waals surface area (Å²) in [6.07, 6.45) is 0.